The Bertz CT molecular complexity index is 596. The number of nitrogens with one attached hydrogen (secondary N) is 1. The number of benzene rings is 1. The molecule has 0 aromatic heterocycles. The molecule has 2 aliphatic heterocycles. The molecule has 0 aliphatic carbocycles. The van der Waals surface area contributed by atoms with Gasteiger partial charge < -0.3 is 20.5 Å². The number of hydrogen-bond donors (Lipinski definition) is 2. The number of carbonyl (C=O) groups excluding carboxylic acids is 1. The third-order valence-corrected chi connectivity index (χ3v) is 5.38. The van der Waals surface area contributed by atoms with Gasteiger partial charge in [-0.15, -0.1) is 0 Å². The lowest BCUT2D eigenvalue weighted by Crippen LogP contribution is -2.44. The molecule has 1 amide bonds. The minimum Gasteiger partial charge on any atom is -0.492 e. The van der Waals surface area contributed by atoms with Crippen LogP contribution >= 0.6 is 0 Å². The first-order valence-corrected chi connectivity index (χ1v) is 9.73. The quantitative estimate of drug-likeness (QED) is 0.778. The van der Waals surface area contributed by atoms with Gasteiger partial charge in [0, 0.05) is 25.4 Å². The molecule has 0 radical (unpaired) electrons. The van der Waals surface area contributed by atoms with Gasteiger partial charge in [-0.3, -0.25) is 9.69 Å². The first-order valence-electron chi connectivity index (χ1n) is 9.73. The van der Waals surface area contributed by atoms with E-state index < -0.39 is 6.04 Å². The van der Waals surface area contributed by atoms with Crippen molar-refractivity contribution in [2.24, 2.45) is 11.7 Å². The van der Waals surface area contributed by atoms with Crippen molar-refractivity contribution in [3.05, 3.63) is 23.8 Å². The zero-order chi connectivity index (χ0) is 18.4. The highest BCUT2D eigenvalue weighted by atomic mass is 16.5. The Balaban J connectivity index is 1.49. The van der Waals surface area contributed by atoms with E-state index in [-0.39, 0.29) is 11.8 Å². The summed E-state index contributed by atoms with van der Waals surface area (Å²) < 4.78 is 11.2. The van der Waals surface area contributed by atoms with Gasteiger partial charge in [0.2, 0.25) is 5.91 Å². The van der Waals surface area contributed by atoms with Gasteiger partial charge in [0.1, 0.15) is 12.4 Å². The molecule has 144 valence electrons. The molecule has 3 N–H and O–H groups in total. The minimum absolute atomic E-state index is 0.126. The number of hydrogen-bond acceptors (Lipinski definition) is 5. The summed E-state index contributed by atoms with van der Waals surface area (Å²) in [4.78, 5) is 14.8. The summed E-state index contributed by atoms with van der Waals surface area (Å²) in [7, 11) is 0. The molecule has 26 heavy (non-hydrogen) atoms. The van der Waals surface area contributed by atoms with Gasteiger partial charge in [0.25, 0.3) is 0 Å². The van der Waals surface area contributed by atoms with Crippen LogP contribution in [-0.2, 0) is 9.53 Å². The van der Waals surface area contributed by atoms with Crippen molar-refractivity contribution in [3.63, 3.8) is 0 Å². The summed E-state index contributed by atoms with van der Waals surface area (Å²) in [6, 6.07) is 5.26. The molecule has 1 aromatic carbocycles. The maximum absolute atomic E-state index is 12.4. The highest BCUT2D eigenvalue weighted by molar-refractivity contribution is 5.95. The summed E-state index contributed by atoms with van der Waals surface area (Å²) in [6.45, 7) is 7.40. The van der Waals surface area contributed by atoms with E-state index in [9.17, 15) is 4.79 Å². The summed E-state index contributed by atoms with van der Waals surface area (Å²) >= 11 is 0. The largest absolute Gasteiger partial charge is 0.492 e. The smallest absolute Gasteiger partial charge is 0.241 e. The third-order valence-electron chi connectivity index (χ3n) is 5.38. The maximum atomic E-state index is 12.4. The van der Waals surface area contributed by atoms with E-state index >= 15 is 0 Å². The molecule has 6 heteroatoms. The second kappa shape index (κ2) is 9.35. The van der Waals surface area contributed by atoms with Gasteiger partial charge in [0.05, 0.1) is 6.04 Å². The topological polar surface area (TPSA) is 76.8 Å². The lowest BCUT2D eigenvalue weighted by Gasteiger charge is -2.26. The van der Waals surface area contributed by atoms with E-state index in [1.807, 2.05) is 25.1 Å². The van der Waals surface area contributed by atoms with Crippen LogP contribution in [0.2, 0.25) is 0 Å². The molecule has 0 bridgehead atoms. The average molecular weight is 361 g/mol. The van der Waals surface area contributed by atoms with Crippen LogP contribution < -0.4 is 15.8 Å². The summed E-state index contributed by atoms with van der Waals surface area (Å²) in [5, 5.41) is 2.94. The van der Waals surface area contributed by atoms with Gasteiger partial charge in [-0.1, -0.05) is 0 Å². The first-order chi connectivity index (χ1) is 12.6. The number of rotatable bonds is 7. The molecule has 1 unspecified atom stereocenters. The molecule has 0 spiro atoms. The number of nitrogens with zero attached hydrogens (tertiary/aromatic N) is 1. The van der Waals surface area contributed by atoms with Crippen LogP contribution in [0.15, 0.2) is 18.2 Å². The number of amides is 1. The number of aryl methyl sites for hydroxylation is 1. The molecule has 0 saturated carbocycles. The van der Waals surface area contributed by atoms with Crippen LogP contribution in [0.5, 0.6) is 5.75 Å². The number of anilines is 1. The molecule has 3 rings (SSSR count). The third kappa shape index (κ3) is 5.19. The SMILES string of the molecule is Cc1cc(NC(=O)C(N)C2CCOCC2)ccc1OCCN1CCCC1. The monoisotopic (exact) mass is 361 g/mol. The van der Waals surface area contributed by atoms with E-state index in [2.05, 4.69) is 10.2 Å². The standard InChI is InChI=1S/C20H31N3O3/c1-15-14-17(22-20(24)19(21)16-6-11-25-12-7-16)4-5-18(15)26-13-10-23-8-2-3-9-23/h4-5,14,16,19H,2-3,6-13,21H2,1H3,(H,22,24). The molecule has 1 aromatic rings. The van der Waals surface area contributed by atoms with E-state index in [1.165, 1.54) is 25.9 Å². The molecule has 2 saturated heterocycles. The predicted molar refractivity (Wildman–Crippen MR) is 102 cm³/mol. The van der Waals surface area contributed by atoms with Crippen LogP contribution in [-0.4, -0.2) is 56.3 Å². The van der Waals surface area contributed by atoms with E-state index in [0.29, 0.717) is 19.8 Å². The molecular formula is C20H31N3O3. The van der Waals surface area contributed by atoms with Crippen molar-refractivity contribution in [2.75, 3.05) is 44.8 Å². The summed E-state index contributed by atoms with van der Waals surface area (Å²) in [6.07, 6.45) is 4.28. The molecule has 2 heterocycles. The Kier molecular flexibility index (Phi) is 6.88. The van der Waals surface area contributed by atoms with Crippen LogP contribution in [0.1, 0.15) is 31.2 Å². The first kappa shape index (κ1) is 19.1. The minimum atomic E-state index is -0.490. The van der Waals surface area contributed by atoms with Gasteiger partial charge in [-0.2, -0.15) is 0 Å². The lowest BCUT2D eigenvalue weighted by atomic mass is 9.92. The maximum Gasteiger partial charge on any atom is 0.241 e. The highest BCUT2D eigenvalue weighted by Gasteiger charge is 2.26. The van der Waals surface area contributed by atoms with Crippen LogP contribution in [0.4, 0.5) is 5.69 Å². The number of ether oxygens (including phenoxy) is 2. The van der Waals surface area contributed by atoms with Crippen molar-refractivity contribution in [1.82, 2.24) is 4.90 Å². The fraction of sp³-hybridized carbons (Fsp3) is 0.650. The Labute approximate surface area is 156 Å². The van der Waals surface area contributed by atoms with Gasteiger partial charge in [0.15, 0.2) is 0 Å². The number of carbonyl (C=O) groups is 1. The van der Waals surface area contributed by atoms with Crippen LogP contribution in [0.25, 0.3) is 0 Å². The molecule has 2 fully saturated rings. The van der Waals surface area contributed by atoms with Crippen molar-refractivity contribution in [1.29, 1.82) is 0 Å². The fourth-order valence-electron chi connectivity index (χ4n) is 3.69. The number of likely N-dealkylation sites (tertiary alicyclic amines) is 1. The normalized spacial score (nSPS) is 20.1. The van der Waals surface area contributed by atoms with E-state index in [0.717, 1.165) is 36.4 Å². The predicted octanol–water partition coefficient (Wildman–Crippen LogP) is 2.16. The van der Waals surface area contributed by atoms with Crippen molar-refractivity contribution >= 4 is 11.6 Å². The Morgan fingerprint density at radius 3 is 2.77 bits per heavy atom. The van der Waals surface area contributed by atoms with E-state index in [1.54, 1.807) is 0 Å². The Morgan fingerprint density at radius 1 is 1.35 bits per heavy atom. The van der Waals surface area contributed by atoms with Gasteiger partial charge in [-0.25, -0.2) is 0 Å². The summed E-state index contributed by atoms with van der Waals surface area (Å²) in [5.41, 5.74) is 7.92. The lowest BCUT2D eigenvalue weighted by molar-refractivity contribution is -0.119. The Hall–Kier alpha value is -1.63. The van der Waals surface area contributed by atoms with Crippen LogP contribution in [0.3, 0.4) is 0 Å². The van der Waals surface area contributed by atoms with Crippen LogP contribution in [0, 0.1) is 12.8 Å². The van der Waals surface area contributed by atoms with Crippen molar-refractivity contribution in [2.45, 2.75) is 38.6 Å². The zero-order valence-electron chi connectivity index (χ0n) is 15.7. The molecule has 6 nitrogen and oxygen atoms in total. The second-order valence-corrected chi connectivity index (χ2v) is 7.34. The molecule has 1 atom stereocenters. The second-order valence-electron chi connectivity index (χ2n) is 7.34. The zero-order valence-corrected chi connectivity index (χ0v) is 15.7. The average Bonchev–Trinajstić information content (AvgIpc) is 3.17. The molecule has 2 aliphatic rings. The van der Waals surface area contributed by atoms with E-state index in [4.69, 9.17) is 15.2 Å². The Morgan fingerprint density at radius 2 is 2.08 bits per heavy atom. The van der Waals surface area contributed by atoms with Crippen molar-refractivity contribution < 1.29 is 14.3 Å². The van der Waals surface area contributed by atoms with Gasteiger partial charge >= 0.3 is 0 Å². The number of nitrogens with two attached hydrogens (primary N) is 1. The molecular weight excluding hydrogens is 330 g/mol. The highest BCUT2D eigenvalue weighted by Crippen LogP contribution is 2.23. The van der Waals surface area contributed by atoms with Gasteiger partial charge in [-0.05, 0) is 75.4 Å². The fourth-order valence-corrected chi connectivity index (χ4v) is 3.69. The summed E-state index contributed by atoms with van der Waals surface area (Å²) in [5.74, 6) is 0.938. The van der Waals surface area contributed by atoms with Crippen molar-refractivity contribution in [3.8, 4) is 5.75 Å².